The molecule has 7 nitrogen and oxygen atoms in total. The molecule has 0 aliphatic rings. The number of aliphatic hydroxyl groups excluding tert-OH is 1. The third-order valence-electron chi connectivity index (χ3n) is 2.72. The molecule has 0 aromatic heterocycles. The van der Waals surface area contributed by atoms with Gasteiger partial charge in [-0.25, -0.2) is 0 Å². The molecule has 0 unspecified atom stereocenters. The molecule has 0 aliphatic carbocycles. The van der Waals surface area contributed by atoms with Gasteiger partial charge in [0, 0.05) is 25.8 Å². The Bertz CT molecular complexity index is 610. The molecule has 0 spiro atoms. The number of benzene rings is 1. The van der Waals surface area contributed by atoms with Crippen molar-refractivity contribution in [3.05, 3.63) is 45.5 Å². The van der Waals surface area contributed by atoms with Crippen LogP contribution in [0.4, 0.5) is 5.69 Å². The van der Waals surface area contributed by atoms with Gasteiger partial charge in [0.25, 0.3) is 5.69 Å². The van der Waals surface area contributed by atoms with Crippen molar-refractivity contribution in [2.24, 2.45) is 0 Å². The highest BCUT2D eigenvalue weighted by Gasteiger charge is 2.22. The molecular formula is C15H17NO6. The van der Waals surface area contributed by atoms with Gasteiger partial charge in [0.15, 0.2) is 6.29 Å². The van der Waals surface area contributed by atoms with Gasteiger partial charge in [0.1, 0.15) is 11.3 Å². The van der Waals surface area contributed by atoms with Crippen LogP contribution in [-0.4, -0.2) is 38.0 Å². The van der Waals surface area contributed by atoms with Crippen LogP contribution >= 0.6 is 0 Å². The van der Waals surface area contributed by atoms with Crippen LogP contribution in [-0.2, 0) is 9.47 Å². The van der Waals surface area contributed by atoms with Gasteiger partial charge in [-0.3, -0.25) is 10.1 Å². The van der Waals surface area contributed by atoms with Crippen molar-refractivity contribution in [1.82, 2.24) is 0 Å². The zero-order valence-corrected chi connectivity index (χ0v) is 12.5. The Morgan fingerprint density at radius 1 is 1.36 bits per heavy atom. The smallest absolute Gasteiger partial charge is 0.289 e. The zero-order valence-electron chi connectivity index (χ0n) is 12.5. The lowest BCUT2D eigenvalue weighted by molar-refractivity contribution is -0.385. The van der Waals surface area contributed by atoms with Gasteiger partial charge in [-0.15, -0.1) is 0 Å². The van der Waals surface area contributed by atoms with Crippen LogP contribution in [0.2, 0.25) is 0 Å². The summed E-state index contributed by atoms with van der Waals surface area (Å²) in [5, 5.41) is 19.9. The average molecular weight is 307 g/mol. The Morgan fingerprint density at radius 2 is 2.05 bits per heavy atom. The summed E-state index contributed by atoms with van der Waals surface area (Å²) < 4.78 is 15.4. The Hall–Kier alpha value is -2.40. The van der Waals surface area contributed by atoms with E-state index in [4.69, 9.17) is 19.3 Å². The number of allylic oxidation sites excluding steroid dienone is 1. The molecule has 1 N–H and O–H groups in total. The van der Waals surface area contributed by atoms with E-state index >= 15 is 0 Å². The van der Waals surface area contributed by atoms with Crippen molar-refractivity contribution in [1.29, 1.82) is 0 Å². The quantitative estimate of drug-likeness (QED) is 0.373. The van der Waals surface area contributed by atoms with E-state index in [1.54, 1.807) is 6.07 Å². The lowest BCUT2D eigenvalue weighted by Crippen LogP contribution is -2.06. The Balaban J connectivity index is 3.44. The van der Waals surface area contributed by atoms with E-state index in [1.807, 2.05) is 0 Å². The van der Waals surface area contributed by atoms with Crippen molar-refractivity contribution in [2.75, 3.05) is 27.9 Å². The van der Waals surface area contributed by atoms with Crippen LogP contribution in [0.3, 0.4) is 0 Å². The SMILES string of the molecule is COc1cc(C(OC)OC)cc([N+](=O)[O-])c1C#C/C=C/CO. The van der Waals surface area contributed by atoms with Gasteiger partial charge in [-0.05, 0) is 12.1 Å². The number of rotatable bonds is 6. The fraction of sp³-hybridized carbons (Fsp3) is 0.333. The molecule has 118 valence electrons. The summed E-state index contributed by atoms with van der Waals surface area (Å²) in [6.45, 7) is -0.157. The summed E-state index contributed by atoms with van der Waals surface area (Å²) >= 11 is 0. The van der Waals surface area contributed by atoms with Gasteiger partial charge in [0.05, 0.1) is 18.6 Å². The van der Waals surface area contributed by atoms with E-state index in [-0.39, 0.29) is 23.6 Å². The largest absolute Gasteiger partial charge is 0.495 e. The molecule has 0 saturated carbocycles. The predicted molar refractivity (Wildman–Crippen MR) is 79.5 cm³/mol. The number of ether oxygens (including phenoxy) is 3. The highest BCUT2D eigenvalue weighted by atomic mass is 16.7. The van der Waals surface area contributed by atoms with Gasteiger partial charge in [0.2, 0.25) is 0 Å². The second-order valence-electron chi connectivity index (χ2n) is 4.03. The van der Waals surface area contributed by atoms with E-state index in [9.17, 15) is 10.1 Å². The number of hydrogen-bond acceptors (Lipinski definition) is 6. The number of nitro groups is 1. The first kappa shape index (κ1) is 17.7. The van der Waals surface area contributed by atoms with Crippen LogP contribution in [0.5, 0.6) is 5.75 Å². The highest BCUT2D eigenvalue weighted by Crippen LogP contribution is 2.33. The lowest BCUT2D eigenvalue weighted by Gasteiger charge is -2.15. The van der Waals surface area contributed by atoms with Crippen molar-refractivity contribution >= 4 is 5.69 Å². The standard InChI is InChI=1S/C15H17NO6/c1-20-14-10-11(15(21-2)22-3)9-13(16(18)19)12(14)7-5-4-6-8-17/h4,6,9-10,15,17H,8H2,1-3H3/b6-4+. The summed E-state index contributed by atoms with van der Waals surface area (Å²) in [7, 11) is 4.26. The minimum absolute atomic E-state index is 0.143. The molecule has 0 heterocycles. The number of hydrogen-bond donors (Lipinski definition) is 1. The third kappa shape index (κ3) is 4.30. The molecule has 22 heavy (non-hydrogen) atoms. The minimum Gasteiger partial charge on any atom is -0.495 e. The molecule has 0 atom stereocenters. The first-order valence-corrected chi connectivity index (χ1v) is 6.28. The number of methoxy groups -OCH3 is 3. The van der Waals surface area contributed by atoms with Gasteiger partial charge < -0.3 is 19.3 Å². The molecule has 0 saturated heterocycles. The lowest BCUT2D eigenvalue weighted by atomic mass is 10.1. The summed E-state index contributed by atoms with van der Waals surface area (Å²) in [5.74, 6) is 5.51. The highest BCUT2D eigenvalue weighted by molar-refractivity contribution is 5.61. The fourth-order valence-electron chi connectivity index (χ4n) is 1.78. The molecule has 1 aromatic rings. The molecule has 0 fully saturated rings. The maximum atomic E-state index is 11.3. The van der Waals surface area contributed by atoms with Crippen LogP contribution in [0.25, 0.3) is 0 Å². The normalized spacial score (nSPS) is 10.6. The number of aliphatic hydroxyl groups is 1. The second kappa shape index (κ2) is 8.79. The third-order valence-corrected chi connectivity index (χ3v) is 2.72. The van der Waals surface area contributed by atoms with E-state index in [1.165, 1.54) is 39.5 Å². The maximum Gasteiger partial charge on any atom is 0.289 e. The van der Waals surface area contributed by atoms with Crippen LogP contribution in [0, 0.1) is 22.0 Å². The van der Waals surface area contributed by atoms with Crippen LogP contribution in [0.15, 0.2) is 24.3 Å². The minimum atomic E-state index is -0.746. The van der Waals surface area contributed by atoms with Gasteiger partial charge in [-0.2, -0.15) is 0 Å². The van der Waals surface area contributed by atoms with E-state index in [0.29, 0.717) is 5.56 Å². The molecule has 0 amide bonds. The fourth-order valence-corrected chi connectivity index (χ4v) is 1.78. The molecule has 0 radical (unpaired) electrons. The maximum absolute atomic E-state index is 11.3. The number of nitrogens with zero attached hydrogens (tertiary/aromatic N) is 1. The molecule has 1 rings (SSSR count). The Morgan fingerprint density at radius 3 is 2.55 bits per heavy atom. The van der Waals surface area contributed by atoms with E-state index < -0.39 is 11.2 Å². The Labute approximate surface area is 128 Å². The second-order valence-corrected chi connectivity index (χ2v) is 4.03. The summed E-state index contributed by atoms with van der Waals surface area (Å²) in [5.41, 5.74) is 0.383. The van der Waals surface area contributed by atoms with Gasteiger partial charge >= 0.3 is 0 Å². The Kier molecular flexibility index (Phi) is 7.05. The first-order chi connectivity index (χ1) is 10.6. The van der Waals surface area contributed by atoms with E-state index in [0.717, 1.165) is 0 Å². The molecule has 7 heteroatoms. The number of nitro benzene ring substituents is 1. The molecule has 0 bridgehead atoms. The van der Waals surface area contributed by atoms with Crippen molar-refractivity contribution in [3.8, 4) is 17.6 Å². The predicted octanol–water partition coefficient (Wildman–Crippen LogP) is 1.79. The molecular weight excluding hydrogens is 290 g/mol. The van der Waals surface area contributed by atoms with Crippen LogP contribution < -0.4 is 4.74 Å². The topological polar surface area (TPSA) is 91.1 Å². The summed E-state index contributed by atoms with van der Waals surface area (Å²) in [6.07, 6.45) is 2.08. The average Bonchev–Trinajstić information content (AvgIpc) is 2.52. The van der Waals surface area contributed by atoms with Crippen LogP contribution in [0.1, 0.15) is 17.4 Å². The van der Waals surface area contributed by atoms with Crippen molar-refractivity contribution in [2.45, 2.75) is 6.29 Å². The van der Waals surface area contributed by atoms with E-state index in [2.05, 4.69) is 11.8 Å². The molecule has 1 aromatic carbocycles. The monoisotopic (exact) mass is 307 g/mol. The first-order valence-electron chi connectivity index (χ1n) is 6.28. The summed E-state index contributed by atoms with van der Waals surface area (Å²) in [6, 6.07) is 2.91. The molecule has 0 aliphatic heterocycles. The van der Waals surface area contributed by atoms with Gasteiger partial charge in [-0.1, -0.05) is 17.9 Å². The zero-order chi connectivity index (χ0) is 16.5. The van der Waals surface area contributed by atoms with Crippen molar-refractivity contribution < 1.29 is 24.2 Å². The van der Waals surface area contributed by atoms with Crippen molar-refractivity contribution in [3.63, 3.8) is 0 Å². The summed E-state index contributed by atoms with van der Waals surface area (Å²) in [4.78, 5) is 10.7.